The SMILES string of the molecule is CCOc1ccc(-c2ccc(COc3ccc(-c4ccc(OCC)c(F)c4F)cc3)c(F)c2F)cc1. The van der Waals surface area contributed by atoms with Crippen LogP contribution in [0.4, 0.5) is 17.6 Å². The van der Waals surface area contributed by atoms with Crippen LogP contribution in [0.5, 0.6) is 17.2 Å². The molecule has 0 aliphatic carbocycles. The quantitative estimate of drug-likeness (QED) is 0.220. The fraction of sp³-hybridized carbons (Fsp3) is 0.172. The van der Waals surface area contributed by atoms with E-state index in [1.54, 1.807) is 55.5 Å². The average Bonchev–Trinajstić information content (AvgIpc) is 2.89. The van der Waals surface area contributed by atoms with E-state index in [1.807, 2.05) is 6.92 Å². The van der Waals surface area contributed by atoms with Crippen molar-refractivity contribution in [2.24, 2.45) is 0 Å². The number of hydrogen-bond acceptors (Lipinski definition) is 3. The van der Waals surface area contributed by atoms with E-state index in [1.165, 1.54) is 24.3 Å². The van der Waals surface area contributed by atoms with Crippen LogP contribution in [0, 0.1) is 23.3 Å². The predicted molar refractivity (Wildman–Crippen MR) is 130 cm³/mol. The maximum absolute atomic E-state index is 14.8. The summed E-state index contributed by atoms with van der Waals surface area (Å²) in [6.45, 7) is 4.06. The minimum Gasteiger partial charge on any atom is -0.494 e. The predicted octanol–water partition coefficient (Wildman–Crippen LogP) is 7.95. The van der Waals surface area contributed by atoms with Crippen molar-refractivity contribution in [3.8, 4) is 39.5 Å². The second-order valence-corrected chi connectivity index (χ2v) is 7.84. The van der Waals surface area contributed by atoms with Crippen LogP contribution in [0.1, 0.15) is 19.4 Å². The van der Waals surface area contributed by atoms with Gasteiger partial charge in [-0.3, -0.25) is 0 Å². The standard InChI is InChI=1S/C29H24F4O3/c1-3-34-21-10-5-18(6-11-21)23-14-9-20(26(30)27(23)31)17-36-22-12-7-19(8-13-22)24-15-16-25(35-4-2)29(33)28(24)32/h5-16H,3-4,17H2,1-2H3. The van der Waals surface area contributed by atoms with Gasteiger partial charge in [0.05, 0.1) is 13.2 Å². The second-order valence-electron chi connectivity index (χ2n) is 7.84. The summed E-state index contributed by atoms with van der Waals surface area (Å²) in [7, 11) is 0. The van der Waals surface area contributed by atoms with E-state index in [4.69, 9.17) is 14.2 Å². The van der Waals surface area contributed by atoms with E-state index in [-0.39, 0.29) is 35.7 Å². The van der Waals surface area contributed by atoms with E-state index in [9.17, 15) is 17.6 Å². The number of hydrogen-bond donors (Lipinski definition) is 0. The van der Waals surface area contributed by atoms with Crippen molar-refractivity contribution in [1.29, 1.82) is 0 Å². The molecule has 0 aliphatic heterocycles. The minimum atomic E-state index is -1.05. The molecule has 4 aromatic rings. The second kappa shape index (κ2) is 11.2. The molecule has 3 nitrogen and oxygen atoms in total. The third-order valence-corrected chi connectivity index (χ3v) is 5.54. The highest BCUT2D eigenvalue weighted by Crippen LogP contribution is 2.32. The molecule has 0 fully saturated rings. The molecule has 186 valence electrons. The molecule has 0 heterocycles. The third kappa shape index (κ3) is 5.30. The van der Waals surface area contributed by atoms with Gasteiger partial charge in [0, 0.05) is 16.7 Å². The average molecular weight is 497 g/mol. The summed E-state index contributed by atoms with van der Waals surface area (Å²) in [6.07, 6.45) is 0. The first-order chi connectivity index (χ1) is 17.4. The van der Waals surface area contributed by atoms with Crippen LogP contribution < -0.4 is 14.2 Å². The van der Waals surface area contributed by atoms with Crippen molar-refractivity contribution in [2.75, 3.05) is 13.2 Å². The lowest BCUT2D eigenvalue weighted by molar-refractivity contribution is 0.297. The number of benzene rings is 4. The van der Waals surface area contributed by atoms with Gasteiger partial charge < -0.3 is 14.2 Å². The van der Waals surface area contributed by atoms with Crippen molar-refractivity contribution in [1.82, 2.24) is 0 Å². The Morgan fingerprint density at radius 3 is 1.56 bits per heavy atom. The first kappa shape index (κ1) is 25.1. The fourth-order valence-electron chi connectivity index (χ4n) is 3.73. The van der Waals surface area contributed by atoms with Crippen LogP contribution in [0.2, 0.25) is 0 Å². The molecule has 0 aliphatic rings. The monoisotopic (exact) mass is 496 g/mol. The molecule has 0 N–H and O–H groups in total. The van der Waals surface area contributed by atoms with Gasteiger partial charge in [-0.1, -0.05) is 36.4 Å². The summed E-state index contributed by atoms with van der Waals surface area (Å²) >= 11 is 0. The molecule has 0 unspecified atom stereocenters. The zero-order valence-electron chi connectivity index (χ0n) is 19.8. The number of halogens is 4. The molecular weight excluding hydrogens is 472 g/mol. The van der Waals surface area contributed by atoms with Crippen molar-refractivity contribution < 1.29 is 31.8 Å². The third-order valence-electron chi connectivity index (χ3n) is 5.54. The molecule has 0 aromatic heterocycles. The topological polar surface area (TPSA) is 27.7 Å². The smallest absolute Gasteiger partial charge is 0.201 e. The van der Waals surface area contributed by atoms with Crippen LogP contribution >= 0.6 is 0 Å². The van der Waals surface area contributed by atoms with E-state index in [0.29, 0.717) is 29.2 Å². The highest BCUT2D eigenvalue weighted by atomic mass is 19.2. The van der Waals surface area contributed by atoms with Crippen molar-refractivity contribution in [3.63, 3.8) is 0 Å². The summed E-state index contributed by atoms with van der Waals surface area (Å²) in [5.41, 5.74) is 1.20. The highest BCUT2D eigenvalue weighted by Gasteiger charge is 2.17. The molecule has 0 bridgehead atoms. The van der Waals surface area contributed by atoms with Gasteiger partial charge in [0.15, 0.2) is 23.2 Å². The van der Waals surface area contributed by atoms with Gasteiger partial charge in [-0.05, 0) is 61.4 Å². The zero-order valence-corrected chi connectivity index (χ0v) is 19.8. The fourth-order valence-corrected chi connectivity index (χ4v) is 3.73. The van der Waals surface area contributed by atoms with Crippen molar-refractivity contribution in [2.45, 2.75) is 20.5 Å². The van der Waals surface area contributed by atoms with Gasteiger partial charge in [0.25, 0.3) is 0 Å². The van der Waals surface area contributed by atoms with Crippen LogP contribution in [-0.2, 0) is 6.61 Å². The zero-order chi connectivity index (χ0) is 25.7. The van der Waals surface area contributed by atoms with E-state index >= 15 is 0 Å². The van der Waals surface area contributed by atoms with E-state index < -0.39 is 23.3 Å². The lowest BCUT2D eigenvalue weighted by atomic mass is 10.0. The Labute approximate surface area is 206 Å². The Kier molecular flexibility index (Phi) is 7.78. The lowest BCUT2D eigenvalue weighted by Crippen LogP contribution is -2.02. The maximum atomic E-state index is 14.8. The molecule has 0 spiro atoms. The minimum absolute atomic E-state index is 0.0471. The van der Waals surface area contributed by atoms with Crippen molar-refractivity contribution >= 4 is 0 Å². The largest absolute Gasteiger partial charge is 0.494 e. The molecule has 0 saturated heterocycles. The van der Waals surface area contributed by atoms with Crippen molar-refractivity contribution in [3.05, 3.63) is 102 Å². The van der Waals surface area contributed by atoms with Gasteiger partial charge in [0.1, 0.15) is 18.1 Å². The number of ether oxygens (including phenoxy) is 3. The summed E-state index contributed by atoms with van der Waals surface area (Å²) in [5.74, 6) is -3.18. The molecular formula is C29H24F4O3. The van der Waals surface area contributed by atoms with Gasteiger partial charge in [-0.2, -0.15) is 4.39 Å². The number of rotatable bonds is 9. The molecule has 0 radical (unpaired) electrons. The highest BCUT2D eigenvalue weighted by molar-refractivity contribution is 5.67. The molecule has 7 heteroatoms. The summed E-state index contributed by atoms with van der Waals surface area (Å²) in [4.78, 5) is 0. The Balaban J connectivity index is 1.46. The lowest BCUT2D eigenvalue weighted by Gasteiger charge is -2.12. The summed E-state index contributed by atoms with van der Waals surface area (Å²) in [6, 6.07) is 18.7. The van der Waals surface area contributed by atoms with Crippen LogP contribution in [-0.4, -0.2) is 13.2 Å². The van der Waals surface area contributed by atoms with E-state index in [0.717, 1.165) is 0 Å². The van der Waals surface area contributed by atoms with Gasteiger partial charge in [0.2, 0.25) is 5.82 Å². The Morgan fingerprint density at radius 1 is 0.500 bits per heavy atom. The van der Waals surface area contributed by atoms with Crippen LogP contribution in [0.3, 0.4) is 0 Å². The van der Waals surface area contributed by atoms with E-state index in [2.05, 4.69) is 0 Å². The first-order valence-electron chi connectivity index (χ1n) is 11.5. The van der Waals surface area contributed by atoms with Gasteiger partial charge >= 0.3 is 0 Å². The van der Waals surface area contributed by atoms with Crippen LogP contribution in [0.15, 0.2) is 72.8 Å². The first-order valence-corrected chi connectivity index (χ1v) is 11.5. The molecule has 0 amide bonds. The molecule has 4 rings (SSSR count). The maximum Gasteiger partial charge on any atom is 0.201 e. The normalized spacial score (nSPS) is 10.8. The summed E-state index contributed by atoms with van der Waals surface area (Å²) < 4.78 is 74.2. The summed E-state index contributed by atoms with van der Waals surface area (Å²) in [5, 5.41) is 0. The van der Waals surface area contributed by atoms with Crippen LogP contribution in [0.25, 0.3) is 22.3 Å². The molecule has 36 heavy (non-hydrogen) atoms. The molecule has 0 atom stereocenters. The molecule has 4 aromatic carbocycles. The van der Waals surface area contributed by atoms with Gasteiger partial charge in [-0.15, -0.1) is 0 Å². The van der Waals surface area contributed by atoms with Gasteiger partial charge in [-0.25, -0.2) is 13.2 Å². The Bertz CT molecular complexity index is 1340. The Hall–Kier alpha value is -4.00. The molecule has 0 saturated carbocycles. The Morgan fingerprint density at radius 2 is 1.00 bits per heavy atom.